The van der Waals surface area contributed by atoms with E-state index in [2.05, 4.69) is 25.9 Å². The van der Waals surface area contributed by atoms with Gasteiger partial charge in [-0.2, -0.15) is 8.42 Å². The number of ether oxygens (including phenoxy) is 2. The molecule has 232 valence electrons. The fourth-order valence-electron chi connectivity index (χ4n) is 4.96. The Morgan fingerprint density at radius 1 is 0.978 bits per heavy atom. The van der Waals surface area contributed by atoms with Crippen molar-refractivity contribution in [3.8, 4) is 16.9 Å². The summed E-state index contributed by atoms with van der Waals surface area (Å²) in [6.07, 6.45) is -0.0449. The largest absolute Gasteiger partial charge is 0.513 e. The number of carbonyl (C=O) groups excluding carboxylic acids is 1. The Balaban J connectivity index is 1.47. The zero-order valence-corrected chi connectivity index (χ0v) is 26.6. The highest BCUT2D eigenvalue weighted by molar-refractivity contribution is 7.90. The van der Waals surface area contributed by atoms with Gasteiger partial charge in [0.15, 0.2) is 0 Å². The van der Waals surface area contributed by atoms with Gasteiger partial charge in [0.25, 0.3) is 10.0 Å². The number of aromatic nitrogens is 2. The molecule has 1 N–H and O–H groups in total. The van der Waals surface area contributed by atoms with E-state index in [9.17, 15) is 13.2 Å². The van der Waals surface area contributed by atoms with Crippen LogP contribution in [0.3, 0.4) is 0 Å². The number of para-hydroxylation sites is 1. The third kappa shape index (κ3) is 6.99. The lowest BCUT2D eigenvalue weighted by atomic mass is 10.0. The van der Waals surface area contributed by atoms with Crippen molar-refractivity contribution in [1.82, 2.24) is 14.5 Å². The molecule has 0 radical (unpaired) electrons. The maximum Gasteiger partial charge on any atom is 0.513 e. The Labute approximate surface area is 263 Å². The normalized spacial score (nSPS) is 11.8. The molecule has 5 rings (SSSR count). The number of anilines is 1. The first-order valence-electron chi connectivity index (χ1n) is 14.4. The van der Waals surface area contributed by atoms with Gasteiger partial charge in [0, 0.05) is 38.3 Å². The first-order valence-corrected chi connectivity index (χ1v) is 15.8. The predicted octanol–water partition coefficient (Wildman–Crippen LogP) is 6.49. The lowest BCUT2D eigenvalue weighted by Gasteiger charge is -2.18. The minimum absolute atomic E-state index is 0.119. The van der Waals surface area contributed by atoms with E-state index in [1.165, 1.54) is 19.2 Å². The predicted molar refractivity (Wildman–Crippen MR) is 176 cm³/mol. The average molecular weight is 626 g/mol. The van der Waals surface area contributed by atoms with E-state index >= 15 is 0 Å². The van der Waals surface area contributed by atoms with Crippen LogP contribution < -0.4 is 10.1 Å². The molecule has 0 atom stereocenters. The summed E-state index contributed by atoms with van der Waals surface area (Å²) in [5.74, 6) is 1.53. The van der Waals surface area contributed by atoms with Crippen molar-refractivity contribution in [2.24, 2.45) is 4.40 Å². The molecule has 0 saturated carbocycles. The van der Waals surface area contributed by atoms with Gasteiger partial charge in [-0.25, -0.2) is 9.78 Å². The number of hydrogen-bond acceptors (Lipinski definition) is 6. The van der Waals surface area contributed by atoms with E-state index in [4.69, 9.17) is 9.72 Å². The van der Waals surface area contributed by atoms with Gasteiger partial charge in [0.1, 0.15) is 11.6 Å². The van der Waals surface area contributed by atoms with Gasteiger partial charge in [-0.3, -0.25) is 0 Å². The molecular formula is C34H35N5O5S. The van der Waals surface area contributed by atoms with Crippen molar-refractivity contribution in [3.05, 3.63) is 108 Å². The Kier molecular flexibility index (Phi) is 9.19. The average Bonchev–Trinajstić information content (AvgIpc) is 3.39. The van der Waals surface area contributed by atoms with Gasteiger partial charge in [-0.15, -0.1) is 4.40 Å². The molecule has 5 aromatic rings. The van der Waals surface area contributed by atoms with Crippen molar-refractivity contribution in [2.45, 2.75) is 31.7 Å². The van der Waals surface area contributed by atoms with E-state index in [0.29, 0.717) is 18.0 Å². The molecule has 4 aromatic carbocycles. The molecule has 11 heteroatoms. The SMILES string of the molecule is CCc1nc2c(C)cc(NC(=NS(=O)(=O)c3ccccc3)N(C)C)cc2n1Cc1ccc(-c2ccccc2OC(=O)OC)cc1. The van der Waals surface area contributed by atoms with Gasteiger partial charge < -0.3 is 24.3 Å². The van der Waals surface area contributed by atoms with Crippen LogP contribution in [0.25, 0.3) is 22.2 Å². The van der Waals surface area contributed by atoms with Crippen LogP contribution >= 0.6 is 0 Å². The summed E-state index contributed by atoms with van der Waals surface area (Å²) < 4.78 is 42.3. The van der Waals surface area contributed by atoms with E-state index in [1.54, 1.807) is 49.3 Å². The molecule has 1 heterocycles. The summed E-state index contributed by atoms with van der Waals surface area (Å²) in [4.78, 5) is 18.4. The molecule has 45 heavy (non-hydrogen) atoms. The number of nitrogens with zero attached hydrogens (tertiary/aromatic N) is 4. The summed E-state index contributed by atoms with van der Waals surface area (Å²) in [7, 11) is 0.823. The number of methoxy groups -OCH3 is 1. The number of imidazole rings is 1. The highest BCUT2D eigenvalue weighted by atomic mass is 32.2. The van der Waals surface area contributed by atoms with Crippen LogP contribution in [0.5, 0.6) is 5.75 Å². The molecule has 0 amide bonds. The number of rotatable bonds is 8. The third-order valence-corrected chi connectivity index (χ3v) is 8.50. The van der Waals surface area contributed by atoms with Crippen molar-refractivity contribution in [3.63, 3.8) is 0 Å². The third-order valence-electron chi connectivity index (χ3n) is 7.22. The quantitative estimate of drug-likeness (QED) is 0.0901. The van der Waals surface area contributed by atoms with Crippen LogP contribution in [0.1, 0.15) is 23.9 Å². The number of fused-ring (bicyclic) bond motifs is 1. The molecule has 0 aliphatic carbocycles. The fourth-order valence-corrected chi connectivity index (χ4v) is 6.00. The molecule has 0 aliphatic heterocycles. The fraction of sp³-hybridized carbons (Fsp3) is 0.206. The highest BCUT2D eigenvalue weighted by Gasteiger charge is 2.18. The van der Waals surface area contributed by atoms with E-state index in [0.717, 1.165) is 45.5 Å². The second kappa shape index (κ2) is 13.2. The lowest BCUT2D eigenvalue weighted by Crippen LogP contribution is -2.30. The summed E-state index contributed by atoms with van der Waals surface area (Å²) in [6, 6.07) is 27.4. The van der Waals surface area contributed by atoms with Crippen LogP contribution in [0.2, 0.25) is 0 Å². The molecule has 0 fully saturated rings. The van der Waals surface area contributed by atoms with Crippen molar-refractivity contribution in [1.29, 1.82) is 0 Å². The second-order valence-corrected chi connectivity index (χ2v) is 12.2. The molecule has 0 bridgehead atoms. The van der Waals surface area contributed by atoms with Crippen molar-refractivity contribution < 1.29 is 22.7 Å². The number of nitrogens with one attached hydrogen (secondary N) is 1. The van der Waals surface area contributed by atoms with Crippen LogP contribution in [0.4, 0.5) is 10.5 Å². The second-order valence-electron chi connectivity index (χ2n) is 10.6. The summed E-state index contributed by atoms with van der Waals surface area (Å²) in [5, 5.41) is 3.22. The van der Waals surface area contributed by atoms with Gasteiger partial charge in [0.2, 0.25) is 5.96 Å². The highest BCUT2D eigenvalue weighted by Crippen LogP contribution is 2.31. The monoisotopic (exact) mass is 625 g/mol. The topological polar surface area (TPSA) is 115 Å². The van der Waals surface area contributed by atoms with Crippen LogP contribution in [-0.4, -0.2) is 56.2 Å². The first kappa shape index (κ1) is 31.3. The Morgan fingerprint density at radius 2 is 1.67 bits per heavy atom. The molecule has 1 aromatic heterocycles. The molecular weight excluding hydrogens is 590 g/mol. The molecule has 0 aliphatic rings. The lowest BCUT2D eigenvalue weighted by molar-refractivity contribution is 0.121. The summed E-state index contributed by atoms with van der Waals surface area (Å²) in [5.41, 5.74) is 6.16. The summed E-state index contributed by atoms with van der Waals surface area (Å²) >= 11 is 0. The summed E-state index contributed by atoms with van der Waals surface area (Å²) in [6.45, 7) is 4.62. The molecule has 0 unspecified atom stereocenters. The number of carbonyl (C=O) groups is 1. The van der Waals surface area contributed by atoms with E-state index in [1.807, 2.05) is 55.5 Å². The maximum atomic E-state index is 13.0. The zero-order valence-electron chi connectivity index (χ0n) is 25.8. The van der Waals surface area contributed by atoms with Gasteiger partial charge >= 0.3 is 6.16 Å². The van der Waals surface area contributed by atoms with Crippen LogP contribution in [0, 0.1) is 6.92 Å². The van der Waals surface area contributed by atoms with Gasteiger partial charge in [0.05, 0.1) is 23.0 Å². The Morgan fingerprint density at radius 3 is 2.33 bits per heavy atom. The van der Waals surface area contributed by atoms with Gasteiger partial charge in [-0.1, -0.05) is 67.6 Å². The van der Waals surface area contributed by atoms with Crippen molar-refractivity contribution >= 4 is 38.9 Å². The minimum atomic E-state index is -3.92. The van der Waals surface area contributed by atoms with E-state index in [-0.39, 0.29) is 10.9 Å². The minimum Gasteiger partial charge on any atom is -0.437 e. The Hall–Kier alpha value is -5.16. The Bertz CT molecular complexity index is 1970. The van der Waals surface area contributed by atoms with Crippen LogP contribution in [0.15, 0.2) is 100 Å². The number of guanidine groups is 1. The van der Waals surface area contributed by atoms with Crippen LogP contribution in [-0.2, 0) is 27.7 Å². The first-order chi connectivity index (χ1) is 21.6. The van der Waals surface area contributed by atoms with Gasteiger partial charge in [-0.05, 0) is 53.9 Å². The smallest absolute Gasteiger partial charge is 0.437 e. The number of sulfonamides is 1. The number of aryl methyl sites for hydroxylation is 2. The number of hydrogen-bond donors (Lipinski definition) is 1. The van der Waals surface area contributed by atoms with Crippen molar-refractivity contribution in [2.75, 3.05) is 26.5 Å². The zero-order chi connectivity index (χ0) is 32.1. The van der Waals surface area contributed by atoms with E-state index < -0.39 is 16.2 Å². The molecule has 0 saturated heterocycles. The maximum absolute atomic E-state index is 13.0. The number of benzene rings is 4. The molecule has 10 nitrogen and oxygen atoms in total. The molecule has 0 spiro atoms. The standard InChI is InChI=1S/C34H35N5O5S/c1-6-31-36-32-23(2)20-26(35-33(38(3)4)37-45(41,42)27-12-8-7-9-13-27)21-29(32)39(31)22-24-16-18-25(19-17-24)28-14-10-11-15-30(28)44-34(40)43-5/h7-21H,6,22H2,1-5H3,(H,35,37).